The second-order valence-electron chi connectivity index (χ2n) is 7.94. The van der Waals surface area contributed by atoms with Crippen LogP contribution in [-0.4, -0.2) is 32.6 Å². The lowest BCUT2D eigenvalue weighted by Crippen LogP contribution is -2.41. The number of methoxy groups -OCH3 is 2. The van der Waals surface area contributed by atoms with Gasteiger partial charge in [-0.15, -0.1) is 0 Å². The van der Waals surface area contributed by atoms with E-state index in [1.54, 1.807) is 32.4 Å². The van der Waals surface area contributed by atoms with Crippen molar-refractivity contribution in [3.63, 3.8) is 0 Å². The van der Waals surface area contributed by atoms with Gasteiger partial charge in [-0.25, -0.2) is 0 Å². The molecule has 158 valence electrons. The third-order valence-corrected chi connectivity index (χ3v) is 6.08. The zero-order valence-electron chi connectivity index (χ0n) is 17.6. The molecule has 0 aromatic heterocycles. The predicted molar refractivity (Wildman–Crippen MR) is 115 cm³/mol. The number of hydrogen-bond acceptors (Lipinski definition) is 4. The lowest BCUT2D eigenvalue weighted by Gasteiger charge is -2.35. The third kappa shape index (κ3) is 3.99. The third-order valence-electron chi connectivity index (χ3n) is 6.08. The van der Waals surface area contributed by atoms with Crippen molar-refractivity contribution in [2.75, 3.05) is 25.7 Å². The van der Waals surface area contributed by atoms with E-state index in [-0.39, 0.29) is 17.7 Å². The van der Waals surface area contributed by atoms with Gasteiger partial charge in [0.05, 0.1) is 14.2 Å². The molecular weight excluding hydrogens is 380 g/mol. The number of aryl methyl sites for hydroxylation is 1. The van der Waals surface area contributed by atoms with Crippen LogP contribution in [-0.2, 0) is 17.8 Å². The Morgan fingerprint density at radius 1 is 1.03 bits per heavy atom. The average Bonchev–Trinajstić information content (AvgIpc) is 2.75. The van der Waals surface area contributed by atoms with Crippen LogP contribution in [0.1, 0.15) is 47.2 Å². The minimum absolute atomic E-state index is 0.171. The molecule has 2 aromatic carbocycles. The Morgan fingerprint density at radius 2 is 1.83 bits per heavy atom. The van der Waals surface area contributed by atoms with Gasteiger partial charge < -0.3 is 19.7 Å². The first-order chi connectivity index (χ1) is 14.6. The summed E-state index contributed by atoms with van der Waals surface area (Å²) in [4.78, 5) is 27.3. The Kier molecular flexibility index (Phi) is 5.93. The molecule has 6 nitrogen and oxygen atoms in total. The highest BCUT2D eigenvalue weighted by atomic mass is 16.5. The van der Waals surface area contributed by atoms with E-state index < -0.39 is 0 Å². The van der Waals surface area contributed by atoms with Crippen molar-refractivity contribution >= 4 is 17.5 Å². The number of benzene rings is 2. The van der Waals surface area contributed by atoms with Gasteiger partial charge >= 0.3 is 0 Å². The number of fused-ring (bicyclic) bond motifs is 1. The molecule has 1 N–H and O–H groups in total. The summed E-state index contributed by atoms with van der Waals surface area (Å²) in [6.07, 6.45) is 5.14. The van der Waals surface area contributed by atoms with Gasteiger partial charge in [-0.05, 0) is 61.1 Å². The van der Waals surface area contributed by atoms with Crippen LogP contribution >= 0.6 is 0 Å². The molecule has 0 spiro atoms. The van der Waals surface area contributed by atoms with Crippen LogP contribution < -0.4 is 19.7 Å². The quantitative estimate of drug-likeness (QED) is 0.791. The number of hydrogen-bond donors (Lipinski definition) is 1. The van der Waals surface area contributed by atoms with E-state index >= 15 is 0 Å². The maximum absolute atomic E-state index is 12.7. The standard InChI is InChI=1S/C24H28N2O4/c1-29-21-11-9-19(14-22(21)30-2)23(27)25-15-16-8-10-20-18(13-16)7-4-12-26(20)24(28)17-5-3-6-17/h8-11,13-14,17H,3-7,12,15H2,1-2H3,(H,25,27). The first-order valence-corrected chi connectivity index (χ1v) is 10.5. The van der Waals surface area contributed by atoms with E-state index in [2.05, 4.69) is 11.4 Å². The number of carbonyl (C=O) groups excluding carboxylic acids is 2. The van der Waals surface area contributed by atoms with E-state index in [0.29, 0.717) is 23.6 Å². The molecule has 1 saturated carbocycles. The van der Waals surface area contributed by atoms with Gasteiger partial charge in [0.15, 0.2) is 11.5 Å². The minimum atomic E-state index is -0.171. The van der Waals surface area contributed by atoms with Crippen LogP contribution in [0.3, 0.4) is 0 Å². The van der Waals surface area contributed by atoms with Crippen molar-refractivity contribution in [3.05, 3.63) is 53.1 Å². The summed E-state index contributed by atoms with van der Waals surface area (Å²) in [5.74, 6) is 1.42. The normalized spacial score (nSPS) is 15.7. The SMILES string of the molecule is COc1ccc(C(=O)NCc2ccc3c(c2)CCCN3C(=O)C2CCC2)cc1OC. The van der Waals surface area contributed by atoms with Crippen LogP contribution in [0.5, 0.6) is 11.5 Å². The highest BCUT2D eigenvalue weighted by molar-refractivity contribution is 5.97. The molecule has 0 radical (unpaired) electrons. The first kappa shape index (κ1) is 20.3. The number of amides is 2. The number of nitrogens with zero attached hydrogens (tertiary/aromatic N) is 1. The number of ether oxygens (including phenoxy) is 2. The summed E-state index contributed by atoms with van der Waals surface area (Å²) in [6.45, 7) is 1.23. The fraction of sp³-hybridized carbons (Fsp3) is 0.417. The predicted octanol–water partition coefficient (Wildman–Crippen LogP) is 3.71. The summed E-state index contributed by atoms with van der Waals surface area (Å²) in [5.41, 5.74) is 3.77. The van der Waals surface area contributed by atoms with Crippen molar-refractivity contribution in [2.24, 2.45) is 5.92 Å². The zero-order chi connectivity index (χ0) is 21.1. The summed E-state index contributed by atoms with van der Waals surface area (Å²) in [5, 5.41) is 2.97. The second-order valence-corrected chi connectivity index (χ2v) is 7.94. The molecule has 0 unspecified atom stereocenters. The van der Waals surface area contributed by atoms with Gasteiger partial charge in [-0.2, -0.15) is 0 Å². The van der Waals surface area contributed by atoms with Crippen molar-refractivity contribution < 1.29 is 19.1 Å². The van der Waals surface area contributed by atoms with Crippen LogP contribution in [0.4, 0.5) is 5.69 Å². The monoisotopic (exact) mass is 408 g/mol. The molecule has 4 rings (SSSR count). The van der Waals surface area contributed by atoms with Crippen LogP contribution in [0.25, 0.3) is 0 Å². The summed E-state index contributed by atoms with van der Waals surface area (Å²) in [6, 6.07) is 11.3. The highest BCUT2D eigenvalue weighted by Gasteiger charge is 2.32. The molecule has 2 aliphatic rings. The Hall–Kier alpha value is -3.02. The van der Waals surface area contributed by atoms with Gasteiger partial charge in [0, 0.05) is 30.3 Å². The molecule has 1 fully saturated rings. The van der Waals surface area contributed by atoms with Gasteiger partial charge in [-0.3, -0.25) is 9.59 Å². The topological polar surface area (TPSA) is 67.9 Å². The van der Waals surface area contributed by atoms with E-state index in [9.17, 15) is 9.59 Å². The summed E-state index contributed by atoms with van der Waals surface area (Å²) < 4.78 is 10.5. The average molecular weight is 408 g/mol. The van der Waals surface area contributed by atoms with Crippen molar-refractivity contribution in [3.8, 4) is 11.5 Å². The van der Waals surface area contributed by atoms with E-state index in [1.807, 2.05) is 17.0 Å². The second kappa shape index (κ2) is 8.78. The molecule has 0 saturated heterocycles. The molecule has 0 bridgehead atoms. The summed E-state index contributed by atoms with van der Waals surface area (Å²) in [7, 11) is 3.11. The molecular formula is C24H28N2O4. The van der Waals surface area contributed by atoms with E-state index in [1.165, 1.54) is 5.56 Å². The molecule has 1 aliphatic heterocycles. The molecule has 30 heavy (non-hydrogen) atoms. The zero-order valence-corrected chi connectivity index (χ0v) is 17.6. The largest absolute Gasteiger partial charge is 0.493 e. The van der Waals surface area contributed by atoms with Crippen molar-refractivity contribution in [1.29, 1.82) is 0 Å². The Labute approximate surface area is 177 Å². The lowest BCUT2D eigenvalue weighted by atomic mass is 9.83. The smallest absolute Gasteiger partial charge is 0.251 e. The number of rotatable bonds is 6. The van der Waals surface area contributed by atoms with E-state index in [4.69, 9.17) is 9.47 Å². The van der Waals surface area contributed by atoms with Crippen LogP contribution in [0, 0.1) is 5.92 Å². The Balaban J connectivity index is 1.43. The molecule has 6 heteroatoms. The summed E-state index contributed by atoms with van der Waals surface area (Å²) >= 11 is 0. The molecule has 1 heterocycles. The minimum Gasteiger partial charge on any atom is -0.493 e. The Morgan fingerprint density at radius 3 is 2.53 bits per heavy atom. The van der Waals surface area contributed by atoms with Crippen LogP contribution in [0.2, 0.25) is 0 Å². The number of carbonyl (C=O) groups is 2. The number of nitrogens with one attached hydrogen (secondary N) is 1. The Bertz CT molecular complexity index is 952. The van der Waals surface area contributed by atoms with Crippen molar-refractivity contribution in [1.82, 2.24) is 5.32 Å². The maximum Gasteiger partial charge on any atom is 0.251 e. The van der Waals surface area contributed by atoms with Crippen molar-refractivity contribution in [2.45, 2.75) is 38.6 Å². The molecule has 2 aromatic rings. The lowest BCUT2D eigenvalue weighted by molar-refractivity contribution is -0.124. The van der Waals surface area contributed by atoms with Gasteiger partial charge in [0.2, 0.25) is 5.91 Å². The fourth-order valence-electron chi connectivity index (χ4n) is 4.13. The van der Waals surface area contributed by atoms with Gasteiger partial charge in [-0.1, -0.05) is 18.6 Å². The molecule has 0 atom stereocenters. The van der Waals surface area contributed by atoms with Gasteiger partial charge in [0.25, 0.3) is 5.91 Å². The number of anilines is 1. The highest BCUT2D eigenvalue weighted by Crippen LogP contribution is 2.34. The first-order valence-electron chi connectivity index (χ1n) is 10.5. The van der Waals surface area contributed by atoms with E-state index in [0.717, 1.165) is 49.9 Å². The maximum atomic E-state index is 12.7. The van der Waals surface area contributed by atoms with Crippen LogP contribution in [0.15, 0.2) is 36.4 Å². The molecule has 2 amide bonds. The van der Waals surface area contributed by atoms with Gasteiger partial charge in [0.1, 0.15) is 0 Å². The molecule has 1 aliphatic carbocycles. The fourth-order valence-corrected chi connectivity index (χ4v) is 4.13.